The lowest BCUT2D eigenvalue weighted by Gasteiger charge is -2.14. The number of nitrogens with one attached hydrogen (secondary N) is 1. The van der Waals surface area contributed by atoms with E-state index in [4.69, 9.17) is 5.73 Å². The summed E-state index contributed by atoms with van der Waals surface area (Å²) >= 11 is 0. The van der Waals surface area contributed by atoms with Crippen LogP contribution in [0.2, 0.25) is 0 Å². The summed E-state index contributed by atoms with van der Waals surface area (Å²) in [6.07, 6.45) is 2.82. The summed E-state index contributed by atoms with van der Waals surface area (Å²) in [5.41, 5.74) is 6.23. The average molecular weight is 210 g/mol. The molecule has 5 nitrogen and oxygen atoms in total. The molecule has 15 heavy (non-hydrogen) atoms. The average Bonchev–Trinajstić information content (AvgIpc) is 2.58. The van der Waals surface area contributed by atoms with Crippen LogP contribution >= 0.6 is 0 Å². The Morgan fingerprint density at radius 1 is 1.73 bits per heavy atom. The van der Waals surface area contributed by atoms with Crippen LogP contribution in [-0.2, 0) is 11.3 Å². The topological polar surface area (TPSA) is 72.9 Å². The van der Waals surface area contributed by atoms with Crippen molar-refractivity contribution in [2.45, 2.75) is 32.9 Å². The molecule has 0 saturated carbocycles. The molecule has 0 saturated heterocycles. The molecule has 0 aliphatic carbocycles. The van der Waals surface area contributed by atoms with Crippen LogP contribution in [0, 0.1) is 6.92 Å². The highest BCUT2D eigenvalue weighted by Crippen LogP contribution is 1.95. The van der Waals surface area contributed by atoms with Crippen molar-refractivity contribution < 1.29 is 4.79 Å². The zero-order valence-corrected chi connectivity index (χ0v) is 9.23. The van der Waals surface area contributed by atoms with E-state index >= 15 is 0 Å². The van der Waals surface area contributed by atoms with Crippen molar-refractivity contribution in [3.63, 3.8) is 0 Å². The molecule has 5 heteroatoms. The minimum absolute atomic E-state index is 0.336. The lowest BCUT2D eigenvalue weighted by molar-refractivity contribution is -0.120. The van der Waals surface area contributed by atoms with E-state index in [1.165, 1.54) is 0 Å². The normalized spacial score (nSPS) is 12.7. The number of hydrogen-bond acceptors (Lipinski definition) is 3. The molecule has 0 aliphatic rings. The second kappa shape index (κ2) is 5.50. The second-order valence-electron chi connectivity index (χ2n) is 3.59. The zero-order valence-electron chi connectivity index (χ0n) is 9.23. The van der Waals surface area contributed by atoms with E-state index in [1.54, 1.807) is 4.68 Å². The fourth-order valence-electron chi connectivity index (χ4n) is 1.33. The fourth-order valence-corrected chi connectivity index (χ4v) is 1.33. The fraction of sp³-hybridized carbons (Fsp3) is 0.600. The number of nitrogens with zero attached hydrogens (tertiary/aromatic N) is 2. The largest absolute Gasteiger partial charge is 0.368 e. The molecular weight excluding hydrogens is 192 g/mol. The molecule has 0 spiro atoms. The lowest BCUT2D eigenvalue weighted by Crippen LogP contribution is -2.44. The van der Waals surface area contributed by atoms with Crippen LogP contribution in [0.1, 0.15) is 19.0 Å². The van der Waals surface area contributed by atoms with E-state index in [0.717, 1.165) is 18.7 Å². The van der Waals surface area contributed by atoms with Gasteiger partial charge in [-0.15, -0.1) is 0 Å². The third-order valence-corrected chi connectivity index (χ3v) is 2.13. The Labute approximate surface area is 89.6 Å². The first-order valence-corrected chi connectivity index (χ1v) is 5.16. The van der Waals surface area contributed by atoms with Gasteiger partial charge in [0.1, 0.15) is 6.04 Å². The summed E-state index contributed by atoms with van der Waals surface area (Å²) in [6, 6.07) is 1.56. The Hall–Kier alpha value is -1.36. The van der Waals surface area contributed by atoms with Crippen molar-refractivity contribution >= 4 is 5.91 Å². The summed E-state index contributed by atoms with van der Waals surface area (Å²) < 4.78 is 1.73. The third kappa shape index (κ3) is 3.71. The van der Waals surface area contributed by atoms with Gasteiger partial charge in [-0.2, -0.15) is 5.10 Å². The minimum Gasteiger partial charge on any atom is -0.368 e. The third-order valence-electron chi connectivity index (χ3n) is 2.13. The number of nitrogens with two attached hydrogens (primary N) is 1. The van der Waals surface area contributed by atoms with Crippen LogP contribution in [0.25, 0.3) is 0 Å². The Bertz CT molecular complexity index is 321. The molecule has 3 N–H and O–H groups in total. The van der Waals surface area contributed by atoms with Gasteiger partial charge in [0.25, 0.3) is 0 Å². The van der Waals surface area contributed by atoms with Gasteiger partial charge in [-0.05, 0) is 26.0 Å². The number of hydrogen-bond donors (Lipinski definition) is 2. The predicted octanol–water partition coefficient (Wildman–Crippen LogP) is 0.0450. The number of primary amides is 1. The molecule has 0 radical (unpaired) electrons. The Kier molecular flexibility index (Phi) is 4.30. The molecule has 1 rings (SSSR count). The quantitative estimate of drug-likeness (QED) is 0.696. The SMILES string of the molecule is CCCNC(Cn1ccc(C)n1)C(N)=O. The first kappa shape index (κ1) is 11.7. The van der Waals surface area contributed by atoms with Crippen molar-refractivity contribution in [2.75, 3.05) is 6.54 Å². The Morgan fingerprint density at radius 2 is 2.47 bits per heavy atom. The van der Waals surface area contributed by atoms with Gasteiger partial charge >= 0.3 is 0 Å². The van der Waals surface area contributed by atoms with Crippen molar-refractivity contribution in [3.05, 3.63) is 18.0 Å². The van der Waals surface area contributed by atoms with Crippen molar-refractivity contribution in [2.24, 2.45) is 5.73 Å². The molecule has 1 unspecified atom stereocenters. The van der Waals surface area contributed by atoms with E-state index in [0.29, 0.717) is 6.54 Å². The maximum Gasteiger partial charge on any atom is 0.236 e. The van der Waals surface area contributed by atoms with Crippen LogP contribution in [0.3, 0.4) is 0 Å². The molecule has 0 bridgehead atoms. The van der Waals surface area contributed by atoms with Crippen molar-refractivity contribution in [1.29, 1.82) is 0 Å². The summed E-state index contributed by atoms with van der Waals surface area (Å²) in [4.78, 5) is 11.1. The van der Waals surface area contributed by atoms with E-state index in [9.17, 15) is 4.79 Å². The molecule has 0 fully saturated rings. The van der Waals surface area contributed by atoms with Gasteiger partial charge in [0, 0.05) is 6.20 Å². The van der Waals surface area contributed by atoms with Crippen molar-refractivity contribution in [1.82, 2.24) is 15.1 Å². The van der Waals surface area contributed by atoms with Crippen LogP contribution in [0.4, 0.5) is 0 Å². The van der Waals surface area contributed by atoms with Gasteiger partial charge in [-0.25, -0.2) is 0 Å². The first-order chi connectivity index (χ1) is 7.13. The number of carbonyl (C=O) groups is 1. The predicted molar refractivity (Wildman–Crippen MR) is 58.2 cm³/mol. The molecule has 84 valence electrons. The van der Waals surface area contributed by atoms with Gasteiger partial charge in [-0.1, -0.05) is 6.92 Å². The molecule has 1 aromatic rings. The summed E-state index contributed by atoms with van der Waals surface area (Å²) in [6.45, 7) is 5.23. The number of aromatic nitrogens is 2. The molecule has 1 heterocycles. The standard InChI is InChI=1S/C10H18N4O/c1-3-5-12-9(10(11)15)7-14-6-4-8(2)13-14/h4,6,9,12H,3,5,7H2,1-2H3,(H2,11,15). The molecule has 1 amide bonds. The number of amides is 1. The van der Waals surface area contributed by atoms with Crippen LogP contribution in [0.15, 0.2) is 12.3 Å². The summed E-state index contributed by atoms with van der Waals surface area (Å²) in [7, 11) is 0. The lowest BCUT2D eigenvalue weighted by atomic mass is 10.2. The monoisotopic (exact) mass is 210 g/mol. The van der Waals surface area contributed by atoms with E-state index in [-0.39, 0.29) is 11.9 Å². The van der Waals surface area contributed by atoms with Gasteiger partial charge in [0.05, 0.1) is 12.2 Å². The Balaban J connectivity index is 2.54. The van der Waals surface area contributed by atoms with Crippen LogP contribution < -0.4 is 11.1 Å². The maximum atomic E-state index is 11.1. The van der Waals surface area contributed by atoms with E-state index in [1.807, 2.05) is 26.1 Å². The zero-order chi connectivity index (χ0) is 11.3. The van der Waals surface area contributed by atoms with Gasteiger partial charge in [0.15, 0.2) is 0 Å². The van der Waals surface area contributed by atoms with Gasteiger partial charge < -0.3 is 11.1 Å². The molecule has 1 aromatic heterocycles. The number of aryl methyl sites for hydroxylation is 1. The molecule has 0 aliphatic heterocycles. The van der Waals surface area contributed by atoms with Gasteiger partial charge in [0.2, 0.25) is 5.91 Å². The van der Waals surface area contributed by atoms with Gasteiger partial charge in [-0.3, -0.25) is 9.48 Å². The highest BCUT2D eigenvalue weighted by Gasteiger charge is 2.14. The first-order valence-electron chi connectivity index (χ1n) is 5.16. The van der Waals surface area contributed by atoms with Crippen molar-refractivity contribution in [3.8, 4) is 0 Å². The highest BCUT2D eigenvalue weighted by atomic mass is 16.1. The van der Waals surface area contributed by atoms with E-state index in [2.05, 4.69) is 10.4 Å². The van der Waals surface area contributed by atoms with Crippen LogP contribution in [-0.4, -0.2) is 28.3 Å². The molecule has 0 aromatic carbocycles. The number of rotatable bonds is 6. The van der Waals surface area contributed by atoms with E-state index < -0.39 is 0 Å². The smallest absolute Gasteiger partial charge is 0.236 e. The Morgan fingerprint density at radius 3 is 2.93 bits per heavy atom. The molecular formula is C10H18N4O. The highest BCUT2D eigenvalue weighted by molar-refractivity contribution is 5.79. The second-order valence-corrected chi connectivity index (χ2v) is 3.59. The summed E-state index contributed by atoms with van der Waals surface area (Å²) in [5, 5.41) is 7.30. The maximum absolute atomic E-state index is 11.1. The minimum atomic E-state index is -0.343. The number of carbonyl (C=O) groups excluding carboxylic acids is 1. The molecule has 1 atom stereocenters. The van der Waals surface area contributed by atoms with Crippen LogP contribution in [0.5, 0.6) is 0 Å². The summed E-state index contributed by atoms with van der Waals surface area (Å²) in [5.74, 6) is -0.336.